The van der Waals surface area contributed by atoms with Crippen LogP contribution in [0.2, 0.25) is 0 Å². The van der Waals surface area contributed by atoms with Crippen LogP contribution in [0.15, 0.2) is 65.8 Å². The number of anilines is 1. The second kappa shape index (κ2) is 8.60. The molecule has 0 fully saturated rings. The van der Waals surface area contributed by atoms with Gasteiger partial charge in [0.15, 0.2) is 5.82 Å². The number of rotatable bonds is 7. The van der Waals surface area contributed by atoms with Gasteiger partial charge in [-0.1, -0.05) is 17.7 Å². The predicted octanol–water partition coefficient (Wildman–Crippen LogP) is 2.22. The molecule has 1 aromatic heterocycles. The number of amides is 1. The molecule has 2 aromatic carbocycles. The van der Waals surface area contributed by atoms with Gasteiger partial charge >= 0.3 is 0 Å². The highest BCUT2D eigenvalue weighted by Crippen LogP contribution is 2.16. The Bertz CT molecular complexity index is 1170. The van der Waals surface area contributed by atoms with Gasteiger partial charge in [0.05, 0.1) is 11.4 Å². The molecule has 0 spiro atoms. The maximum Gasteiger partial charge on any atom is 0.243 e. The molecule has 3 aromatic rings. The van der Waals surface area contributed by atoms with Gasteiger partial charge in [-0.2, -0.15) is 4.31 Å². The third-order valence-corrected chi connectivity index (χ3v) is 6.37. The number of carbonyl (C=O) groups excluding carboxylic acids is 2. The quantitative estimate of drug-likeness (QED) is 0.584. The highest BCUT2D eigenvalue weighted by Gasteiger charge is 2.23. The average molecular weight is 426 g/mol. The number of imidazole rings is 1. The summed E-state index contributed by atoms with van der Waals surface area (Å²) in [4.78, 5) is 28.9. The summed E-state index contributed by atoms with van der Waals surface area (Å²) in [5.41, 5.74) is 1.83. The minimum Gasteiger partial charge on any atom is -0.331 e. The average Bonchev–Trinajstić information content (AvgIpc) is 3.14. The van der Waals surface area contributed by atoms with Crippen molar-refractivity contribution >= 4 is 27.4 Å². The lowest BCUT2D eigenvalue weighted by molar-refractivity contribution is -0.116. The van der Waals surface area contributed by atoms with Crippen LogP contribution in [0.1, 0.15) is 21.7 Å². The van der Waals surface area contributed by atoms with Gasteiger partial charge in [-0.15, -0.1) is 0 Å². The number of sulfonamides is 1. The van der Waals surface area contributed by atoms with E-state index in [0.717, 1.165) is 9.87 Å². The maximum atomic E-state index is 12.6. The minimum atomic E-state index is -3.77. The fourth-order valence-corrected chi connectivity index (χ4v) is 3.92. The molecule has 0 unspecified atom stereocenters. The van der Waals surface area contributed by atoms with Crippen molar-refractivity contribution in [2.24, 2.45) is 7.05 Å². The Morgan fingerprint density at radius 2 is 1.70 bits per heavy atom. The van der Waals surface area contributed by atoms with Gasteiger partial charge in [-0.3, -0.25) is 9.59 Å². The SMILES string of the molecule is Cc1ccc(S(=O)(=O)N(C)CC(=O)Nc2ccc(C(=O)c3nccn3C)cc2)cc1. The van der Waals surface area contributed by atoms with Crippen LogP contribution in [-0.2, 0) is 21.9 Å². The Morgan fingerprint density at radius 3 is 2.27 bits per heavy atom. The van der Waals surface area contributed by atoms with Crippen LogP contribution in [-0.4, -0.2) is 47.6 Å². The molecule has 0 aliphatic carbocycles. The molecule has 0 atom stereocenters. The van der Waals surface area contributed by atoms with E-state index in [1.54, 1.807) is 60.4 Å². The summed E-state index contributed by atoms with van der Waals surface area (Å²) in [6.45, 7) is 1.52. The zero-order valence-electron chi connectivity index (χ0n) is 16.9. The van der Waals surface area contributed by atoms with Crippen molar-refractivity contribution in [1.29, 1.82) is 0 Å². The molecular weight excluding hydrogens is 404 g/mol. The minimum absolute atomic E-state index is 0.126. The zero-order chi connectivity index (χ0) is 21.9. The molecule has 3 rings (SSSR count). The molecule has 156 valence electrons. The summed E-state index contributed by atoms with van der Waals surface area (Å²) >= 11 is 0. The maximum absolute atomic E-state index is 12.6. The van der Waals surface area contributed by atoms with Gasteiger partial charge in [-0.25, -0.2) is 13.4 Å². The van der Waals surface area contributed by atoms with Crippen molar-refractivity contribution in [3.05, 3.63) is 77.9 Å². The van der Waals surface area contributed by atoms with Crippen LogP contribution in [0.5, 0.6) is 0 Å². The Hall–Kier alpha value is -3.30. The molecular formula is C21H22N4O4S. The molecule has 0 radical (unpaired) electrons. The number of hydrogen-bond acceptors (Lipinski definition) is 5. The molecule has 1 N–H and O–H groups in total. The summed E-state index contributed by atoms with van der Waals surface area (Å²) in [7, 11) is -0.689. The molecule has 1 amide bonds. The van der Waals surface area contributed by atoms with E-state index in [-0.39, 0.29) is 17.2 Å². The Balaban J connectivity index is 1.64. The number of benzene rings is 2. The fraction of sp³-hybridized carbons (Fsp3) is 0.190. The first-order valence-corrected chi connectivity index (χ1v) is 10.6. The lowest BCUT2D eigenvalue weighted by Gasteiger charge is -2.17. The van der Waals surface area contributed by atoms with Crippen molar-refractivity contribution in [3.8, 4) is 0 Å². The third-order valence-electron chi connectivity index (χ3n) is 4.55. The summed E-state index contributed by atoms with van der Waals surface area (Å²) in [5, 5.41) is 2.64. The number of ketones is 1. The number of aromatic nitrogens is 2. The molecule has 1 heterocycles. The summed E-state index contributed by atoms with van der Waals surface area (Å²) in [5.74, 6) is -0.407. The van der Waals surface area contributed by atoms with E-state index < -0.39 is 15.9 Å². The monoisotopic (exact) mass is 426 g/mol. The van der Waals surface area contributed by atoms with Crippen LogP contribution in [0, 0.1) is 6.92 Å². The van der Waals surface area contributed by atoms with Crippen molar-refractivity contribution in [2.45, 2.75) is 11.8 Å². The highest BCUT2D eigenvalue weighted by atomic mass is 32.2. The van der Waals surface area contributed by atoms with Gasteiger partial charge in [0.25, 0.3) is 0 Å². The van der Waals surface area contributed by atoms with Crippen molar-refractivity contribution in [1.82, 2.24) is 13.9 Å². The van der Waals surface area contributed by atoms with Crippen LogP contribution in [0.3, 0.4) is 0 Å². The van der Waals surface area contributed by atoms with Gasteiger partial charge < -0.3 is 9.88 Å². The summed E-state index contributed by atoms with van der Waals surface area (Å²) in [6, 6.07) is 12.8. The van der Waals surface area contributed by atoms with Gasteiger partial charge in [0, 0.05) is 37.7 Å². The standard InChI is InChI=1S/C21H22N4O4S/c1-15-4-10-18(11-5-15)30(28,29)25(3)14-19(26)23-17-8-6-16(7-9-17)20(27)21-22-12-13-24(21)2/h4-13H,14H2,1-3H3,(H,23,26). The van der Waals surface area contributed by atoms with Gasteiger partial charge in [-0.05, 0) is 43.3 Å². The largest absolute Gasteiger partial charge is 0.331 e. The number of aryl methyl sites for hydroxylation is 2. The van der Waals surface area contributed by atoms with Gasteiger partial charge in [0.1, 0.15) is 0 Å². The topological polar surface area (TPSA) is 101 Å². The lowest BCUT2D eigenvalue weighted by atomic mass is 10.1. The smallest absolute Gasteiger partial charge is 0.243 e. The first-order chi connectivity index (χ1) is 14.2. The van der Waals surface area contributed by atoms with E-state index in [0.29, 0.717) is 17.1 Å². The Morgan fingerprint density at radius 1 is 1.07 bits per heavy atom. The fourth-order valence-electron chi connectivity index (χ4n) is 2.80. The van der Waals surface area contributed by atoms with Crippen molar-refractivity contribution in [2.75, 3.05) is 18.9 Å². The van der Waals surface area contributed by atoms with Crippen molar-refractivity contribution < 1.29 is 18.0 Å². The van der Waals surface area contributed by atoms with E-state index in [2.05, 4.69) is 10.3 Å². The van der Waals surface area contributed by atoms with Crippen LogP contribution >= 0.6 is 0 Å². The number of likely N-dealkylation sites (N-methyl/N-ethyl adjacent to an activating group) is 1. The predicted molar refractivity (Wildman–Crippen MR) is 113 cm³/mol. The highest BCUT2D eigenvalue weighted by molar-refractivity contribution is 7.89. The second-order valence-corrected chi connectivity index (χ2v) is 8.94. The van der Waals surface area contributed by atoms with E-state index >= 15 is 0 Å². The van der Waals surface area contributed by atoms with Crippen LogP contribution < -0.4 is 5.32 Å². The molecule has 30 heavy (non-hydrogen) atoms. The van der Waals surface area contributed by atoms with Crippen LogP contribution in [0.4, 0.5) is 5.69 Å². The Kier molecular flexibility index (Phi) is 6.14. The molecule has 9 heteroatoms. The van der Waals surface area contributed by atoms with E-state index in [4.69, 9.17) is 0 Å². The van der Waals surface area contributed by atoms with E-state index in [9.17, 15) is 18.0 Å². The number of carbonyl (C=O) groups is 2. The number of hydrogen-bond donors (Lipinski definition) is 1. The molecule has 0 aliphatic rings. The second-order valence-electron chi connectivity index (χ2n) is 6.89. The first kappa shape index (κ1) is 21.4. The van der Waals surface area contributed by atoms with E-state index in [1.165, 1.54) is 19.2 Å². The van der Waals surface area contributed by atoms with Crippen LogP contribution in [0.25, 0.3) is 0 Å². The molecule has 8 nitrogen and oxygen atoms in total. The lowest BCUT2D eigenvalue weighted by Crippen LogP contribution is -2.34. The van der Waals surface area contributed by atoms with Crippen molar-refractivity contribution in [3.63, 3.8) is 0 Å². The zero-order valence-corrected chi connectivity index (χ0v) is 17.7. The normalized spacial score (nSPS) is 11.5. The third kappa shape index (κ3) is 4.64. The Labute approximate surface area is 175 Å². The van der Waals surface area contributed by atoms with E-state index in [1.807, 2.05) is 6.92 Å². The summed E-state index contributed by atoms with van der Waals surface area (Å²) in [6.07, 6.45) is 3.23. The molecule has 0 saturated heterocycles. The van der Waals surface area contributed by atoms with Gasteiger partial charge in [0.2, 0.25) is 21.7 Å². The number of nitrogens with one attached hydrogen (secondary N) is 1. The molecule has 0 aliphatic heterocycles. The molecule has 0 saturated carbocycles. The summed E-state index contributed by atoms with van der Waals surface area (Å²) < 4.78 is 27.8. The number of nitrogens with zero attached hydrogens (tertiary/aromatic N) is 3. The first-order valence-electron chi connectivity index (χ1n) is 9.13. The molecule has 0 bridgehead atoms.